The predicted octanol–water partition coefficient (Wildman–Crippen LogP) is 2.14. The molecule has 118 valence electrons. The van der Waals surface area contributed by atoms with Crippen molar-refractivity contribution in [2.75, 3.05) is 0 Å². The Morgan fingerprint density at radius 2 is 1.91 bits per heavy atom. The van der Waals surface area contributed by atoms with Gasteiger partial charge in [-0.15, -0.1) is 17.0 Å². The zero-order valence-electron chi connectivity index (χ0n) is 12.3. The van der Waals surface area contributed by atoms with Crippen LogP contribution in [0.15, 0.2) is 42.6 Å². The van der Waals surface area contributed by atoms with Crippen molar-refractivity contribution in [1.82, 2.24) is 0 Å². The Hall–Kier alpha value is -2.12. The summed E-state index contributed by atoms with van der Waals surface area (Å²) in [6, 6.07) is 9.67. The van der Waals surface area contributed by atoms with Gasteiger partial charge < -0.3 is 5.48 Å². The van der Waals surface area contributed by atoms with Crippen molar-refractivity contribution in [3.8, 4) is 0 Å². The van der Waals surface area contributed by atoms with E-state index in [0.717, 1.165) is 11.3 Å². The molecule has 2 N–H and O–H groups in total. The Kier molecular flexibility index (Phi) is 7.55. The third kappa shape index (κ3) is 4.44. The number of carbonyl (C=O) groups is 1. The van der Waals surface area contributed by atoms with Gasteiger partial charge in [-0.1, -0.05) is 12.1 Å². The van der Waals surface area contributed by atoms with Crippen LogP contribution in [-0.4, -0.2) is 16.2 Å². The summed E-state index contributed by atoms with van der Waals surface area (Å²) in [7, 11) is 0. The van der Waals surface area contributed by atoms with E-state index in [1.807, 2.05) is 36.7 Å². The van der Waals surface area contributed by atoms with Crippen molar-refractivity contribution in [2.45, 2.75) is 20.4 Å². The minimum Gasteiger partial charge on any atom is -0.412 e. The Morgan fingerprint density at radius 1 is 1.23 bits per heavy atom. The minimum atomic E-state index is -0.498. The number of nitro benzene ring substituents is 1. The van der Waals surface area contributed by atoms with Gasteiger partial charge in [-0.05, 0) is 13.0 Å². The molecule has 0 aliphatic heterocycles. The first-order valence-electron chi connectivity index (χ1n) is 6.22. The summed E-state index contributed by atoms with van der Waals surface area (Å²) in [6.07, 6.45) is 1.83. The van der Waals surface area contributed by atoms with Gasteiger partial charge in [-0.2, -0.15) is 4.57 Å². The van der Waals surface area contributed by atoms with E-state index in [2.05, 4.69) is 0 Å². The first-order valence-corrected chi connectivity index (χ1v) is 6.22. The fraction of sp³-hybridized carbons (Fsp3) is 0.200. The Labute approximate surface area is 138 Å². The molecule has 7 heteroatoms. The second kappa shape index (κ2) is 8.35. The number of nitro groups is 1. The number of nitrogens with zero attached hydrogens (tertiary/aromatic N) is 2. The number of halogens is 1. The quantitative estimate of drug-likeness (QED) is 0.357. The highest BCUT2D eigenvalue weighted by Crippen LogP contribution is 2.13. The number of aromatic nitrogens is 1. The van der Waals surface area contributed by atoms with Gasteiger partial charge >= 0.3 is 0 Å². The van der Waals surface area contributed by atoms with Gasteiger partial charge in [0.05, 0.1) is 4.92 Å². The highest BCUT2D eigenvalue weighted by Gasteiger charge is 2.17. The van der Waals surface area contributed by atoms with Crippen molar-refractivity contribution in [3.63, 3.8) is 0 Å². The summed E-state index contributed by atoms with van der Waals surface area (Å²) in [5.74, 6) is -0.146. The maximum Gasteiger partial charge on any atom is 0.270 e. The van der Waals surface area contributed by atoms with Crippen LogP contribution in [-0.2, 0) is 6.54 Å². The standard InChI is InChI=1S/C15H15N2O3.BrH.H2O/c1-11-5-4-8-16(12(11)2)10-15(18)13-6-3-7-14(9-13)17(19)20;;/h3-9H,10H2,1-2H3;1H;1H2/q+1;;. The van der Waals surface area contributed by atoms with Gasteiger partial charge in [0.1, 0.15) is 0 Å². The predicted molar refractivity (Wildman–Crippen MR) is 87.5 cm³/mol. The van der Waals surface area contributed by atoms with E-state index in [0.29, 0.717) is 5.56 Å². The average Bonchev–Trinajstić information content (AvgIpc) is 2.44. The summed E-state index contributed by atoms with van der Waals surface area (Å²) in [5, 5.41) is 10.7. The highest BCUT2D eigenvalue weighted by molar-refractivity contribution is 8.93. The lowest BCUT2D eigenvalue weighted by atomic mass is 10.1. The van der Waals surface area contributed by atoms with Crippen LogP contribution in [0.2, 0.25) is 0 Å². The van der Waals surface area contributed by atoms with Gasteiger partial charge in [0.25, 0.3) is 5.69 Å². The Balaban J connectivity index is 0.00000220. The molecule has 0 aliphatic carbocycles. The summed E-state index contributed by atoms with van der Waals surface area (Å²) < 4.78 is 1.84. The molecular formula is C15H18BrN2O4+. The molecule has 0 saturated heterocycles. The van der Waals surface area contributed by atoms with Crippen molar-refractivity contribution >= 4 is 28.5 Å². The summed E-state index contributed by atoms with van der Waals surface area (Å²) in [5.41, 5.74) is 2.39. The molecule has 0 bridgehead atoms. The zero-order valence-corrected chi connectivity index (χ0v) is 14.0. The summed E-state index contributed by atoms with van der Waals surface area (Å²) >= 11 is 0. The first kappa shape index (κ1) is 19.9. The van der Waals surface area contributed by atoms with Gasteiger partial charge in [0, 0.05) is 36.2 Å². The van der Waals surface area contributed by atoms with Crippen molar-refractivity contribution in [3.05, 3.63) is 69.5 Å². The first-order chi connectivity index (χ1) is 9.49. The number of rotatable bonds is 4. The molecule has 0 fully saturated rings. The van der Waals surface area contributed by atoms with E-state index in [1.54, 1.807) is 6.07 Å². The lowest BCUT2D eigenvalue weighted by Crippen LogP contribution is -2.41. The molecule has 1 aromatic heterocycles. The van der Waals surface area contributed by atoms with Crippen LogP contribution in [0.25, 0.3) is 0 Å². The van der Waals surface area contributed by atoms with Crippen LogP contribution in [0, 0.1) is 24.0 Å². The second-order valence-corrected chi connectivity index (χ2v) is 4.64. The van der Waals surface area contributed by atoms with Gasteiger partial charge in [0.2, 0.25) is 12.3 Å². The van der Waals surface area contributed by atoms with Crippen LogP contribution in [0.5, 0.6) is 0 Å². The number of ketones is 1. The molecule has 0 saturated carbocycles. The summed E-state index contributed by atoms with van der Waals surface area (Å²) in [4.78, 5) is 22.4. The molecule has 1 aromatic carbocycles. The SMILES string of the molecule is Br.Cc1ccc[n+](CC(=O)c2cccc([N+](=O)[O-])c2)c1C.O. The molecule has 0 amide bonds. The fourth-order valence-corrected chi connectivity index (χ4v) is 1.96. The number of non-ortho nitro benzene ring substituents is 1. The minimum absolute atomic E-state index is 0. The van der Waals surface area contributed by atoms with Gasteiger partial charge in [-0.3, -0.25) is 14.9 Å². The smallest absolute Gasteiger partial charge is 0.270 e. The third-order valence-corrected chi connectivity index (χ3v) is 3.31. The second-order valence-electron chi connectivity index (χ2n) is 4.64. The Bertz CT molecular complexity index is 689. The van der Waals surface area contributed by atoms with Crippen molar-refractivity contribution < 1.29 is 19.8 Å². The molecule has 22 heavy (non-hydrogen) atoms. The fourth-order valence-electron chi connectivity index (χ4n) is 1.96. The molecule has 2 rings (SSSR count). The lowest BCUT2D eigenvalue weighted by Gasteiger charge is -2.02. The van der Waals surface area contributed by atoms with E-state index in [-0.39, 0.29) is 40.5 Å². The number of pyridine rings is 1. The van der Waals surface area contributed by atoms with Crippen LogP contribution < -0.4 is 4.57 Å². The van der Waals surface area contributed by atoms with E-state index in [9.17, 15) is 14.9 Å². The number of benzene rings is 1. The van der Waals surface area contributed by atoms with Gasteiger partial charge in [0.15, 0.2) is 11.9 Å². The van der Waals surface area contributed by atoms with E-state index in [1.165, 1.54) is 18.2 Å². The van der Waals surface area contributed by atoms with Gasteiger partial charge in [-0.25, -0.2) is 0 Å². The number of hydrogen-bond donors (Lipinski definition) is 0. The summed E-state index contributed by atoms with van der Waals surface area (Å²) in [6.45, 7) is 4.09. The molecule has 0 atom stereocenters. The number of carbonyl (C=O) groups excluding carboxylic acids is 1. The molecule has 0 spiro atoms. The topological polar surface area (TPSA) is 95.6 Å². The van der Waals surface area contributed by atoms with E-state index >= 15 is 0 Å². The number of Topliss-reactive ketones (excluding diaryl/α,β-unsaturated/α-hetero) is 1. The van der Waals surface area contributed by atoms with E-state index < -0.39 is 4.92 Å². The molecule has 2 aromatic rings. The van der Waals surface area contributed by atoms with Crippen LogP contribution in [0.1, 0.15) is 21.6 Å². The van der Waals surface area contributed by atoms with Crippen molar-refractivity contribution in [1.29, 1.82) is 0 Å². The van der Waals surface area contributed by atoms with Crippen molar-refractivity contribution in [2.24, 2.45) is 0 Å². The molecule has 0 radical (unpaired) electrons. The maximum absolute atomic E-state index is 12.2. The molecule has 0 unspecified atom stereocenters. The van der Waals surface area contributed by atoms with Crippen LogP contribution in [0.4, 0.5) is 5.69 Å². The largest absolute Gasteiger partial charge is 0.412 e. The Morgan fingerprint density at radius 3 is 2.55 bits per heavy atom. The lowest BCUT2D eigenvalue weighted by molar-refractivity contribution is -0.689. The average molecular weight is 370 g/mol. The number of hydrogen-bond acceptors (Lipinski definition) is 3. The zero-order chi connectivity index (χ0) is 14.7. The normalized spacial score (nSPS) is 9.36. The molecule has 0 aliphatic rings. The molecular weight excluding hydrogens is 352 g/mol. The third-order valence-electron chi connectivity index (χ3n) is 3.31. The molecule has 6 nitrogen and oxygen atoms in total. The maximum atomic E-state index is 12.2. The molecule has 1 heterocycles. The van der Waals surface area contributed by atoms with Crippen LogP contribution in [0.3, 0.4) is 0 Å². The van der Waals surface area contributed by atoms with E-state index in [4.69, 9.17) is 0 Å². The number of aryl methyl sites for hydroxylation is 1. The highest BCUT2D eigenvalue weighted by atomic mass is 79.9. The van der Waals surface area contributed by atoms with Crippen LogP contribution >= 0.6 is 17.0 Å². The monoisotopic (exact) mass is 369 g/mol.